The van der Waals surface area contributed by atoms with E-state index in [1.165, 1.54) is 6.07 Å². The first-order valence-corrected chi connectivity index (χ1v) is 9.37. The molecule has 0 fully saturated rings. The zero-order chi connectivity index (χ0) is 17.0. The maximum absolute atomic E-state index is 12.4. The van der Waals surface area contributed by atoms with E-state index in [0.29, 0.717) is 10.7 Å². The number of sulfonamides is 1. The predicted molar refractivity (Wildman–Crippen MR) is 97.0 cm³/mol. The van der Waals surface area contributed by atoms with E-state index >= 15 is 0 Å². The average molecular weight is 353 g/mol. The second-order valence-corrected chi connectivity index (χ2v) is 7.33. The standard InChI is InChI=1S/C17H21ClN2O2S/c1-4-20(5-2)15-8-6-14(7-9-15)19-23(21,22)16-10-11-17(18)13(3)12-16/h6-12,19H,4-5H2,1-3H3. The van der Waals surface area contributed by atoms with Crippen LogP contribution in [0, 0.1) is 6.92 Å². The first kappa shape index (κ1) is 17.6. The van der Waals surface area contributed by atoms with Crippen LogP contribution in [0.5, 0.6) is 0 Å². The molecule has 0 spiro atoms. The minimum Gasteiger partial charge on any atom is -0.372 e. The Morgan fingerprint density at radius 2 is 1.65 bits per heavy atom. The molecule has 0 unspecified atom stereocenters. The van der Waals surface area contributed by atoms with Crippen molar-refractivity contribution in [3.05, 3.63) is 53.1 Å². The van der Waals surface area contributed by atoms with Crippen molar-refractivity contribution in [2.75, 3.05) is 22.7 Å². The zero-order valence-electron chi connectivity index (χ0n) is 13.5. The maximum atomic E-state index is 12.4. The number of hydrogen-bond donors (Lipinski definition) is 1. The number of rotatable bonds is 6. The summed E-state index contributed by atoms with van der Waals surface area (Å²) in [6.07, 6.45) is 0. The summed E-state index contributed by atoms with van der Waals surface area (Å²) in [5.41, 5.74) is 2.33. The molecule has 0 bridgehead atoms. The molecular formula is C17H21ClN2O2S. The smallest absolute Gasteiger partial charge is 0.261 e. The van der Waals surface area contributed by atoms with Crippen LogP contribution in [0.25, 0.3) is 0 Å². The van der Waals surface area contributed by atoms with Crippen molar-refractivity contribution in [2.45, 2.75) is 25.7 Å². The molecule has 4 nitrogen and oxygen atoms in total. The van der Waals surface area contributed by atoms with Crippen molar-refractivity contribution in [1.29, 1.82) is 0 Å². The van der Waals surface area contributed by atoms with Crippen LogP contribution in [0.4, 0.5) is 11.4 Å². The molecule has 1 N–H and O–H groups in total. The van der Waals surface area contributed by atoms with Crippen LogP contribution in [0.1, 0.15) is 19.4 Å². The molecule has 2 aromatic carbocycles. The largest absolute Gasteiger partial charge is 0.372 e. The van der Waals surface area contributed by atoms with Gasteiger partial charge in [-0.05, 0) is 68.8 Å². The van der Waals surface area contributed by atoms with Crippen molar-refractivity contribution < 1.29 is 8.42 Å². The molecule has 0 aliphatic carbocycles. The maximum Gasteiger partial charge on any atom is 0.261 e. The van der Waals surface area contributed by atoms with Crippen LogP contribution in [0.3, 0.4) is 0 Å². The highest BCUT2D eigenvalue weighted by Crippen LogP contribution is 2.23. The molecule has 0 heterocycles. The summed E-state index contributed by atoms with van der Waals surface area (Å²) in [7, 11) is -3.62. The van der Waals surface area contributed by atoms with Gasteiger partial charge in [0.05, 0.1) is 4.90 Å². The molecule has 0 radical (unpaired) electrons. The fourth-order valence-corrected chi connectivity index (χ4v) is 3.59. The van der Waals surface area contributed by atoms with Crippen molar-refractivity contribution in [1.82, 2.24) is 0 Å². The normalized spacial score (nSPS) is 11.3. The van der Waals surface area contributed by atoms with E-state index in [1.807, 2.05) is 12.1 Å². The number of halogens is 1. The van der Waals surface area contributed by atoms with Gasteiger partial charge in [0.15, 0.2) is 0 Å². The third-order valence-corrected chi connectivity index (χ3v) is 5.49. The van der Waals surface area contributed by atoms with Crippen LogP contribution in [0.15, 0.2) is 47.4 Å². The Morgan fingerprint density at radius 3 is 2.17 bits per heavy atom. The number of hydrogen-bond acceptors (Lipinski definition) is 3. The molecule has 0 atom stereocenters. The third-order valence-electron chi connectivity index (χ3n) is 3.69. The Bertz CT molecular complexity index is 770. The molecule has 124 valence electrons. The highest BCUT2D eigenvalue weighted by Gasteiger charge is 2.15. The summed E-state index contributed by atoms with van der Waals surface area (Å²) < 4.78 is 27.5. The number of nitrogens with one attached hydrogen (secondary N) is 1. The van der Waals surface area contributed by atoms with Gasteiger partial charge in [-0.1, -0.05) is 11.6 Å². The van der Waals surface area contributed by atoms with Crippen LogP contribution in [-0.2, 0) is 10.0 Å². The number of nitrogens with zero attached hydrogens (tertiary/aromatic N) is 1. The third kappa shape index (κ3) is 4.18. The molecule has 0 aliphatic rings. The minimum absolute atomic E-state index is 0.201. The van der Waals surface area contributed by atoms with Crippen molar-refractivity contribution >= 4 is 33.0 Å². The summed E-state index contributed by atoms with van der Waals surface area (Å²) in [6, 6.07) is 12.0. The lowest BCUT2D eigenvalue weighted by molar-refractivity contribution is 0.601. The number of anilines is 2. The first-order chi connectivity index (χ1) is 10.9. The van der Waals surface area contributed by atoms with Crippen LogP contribution in [0.2, 0.25) is 5.02 Å². The minimum atomic E-state index is -3.62. The molecule has 2 rings (SSSR count). The zero-order valence-corrected chi connectivity index (χ0v) is 15.1. The molecule has 0 aliphatic heterocycles. The van der Waals surface area contributed by atoms with E-state index in [-0.39, 0.29) is 4.90 Å². The average Bonchev–Trinajstić information content (AvgIpc) is 2.52. The molecule has 2 aromatic rings. The van der Waals surface area contributed by atoms with E-state index in [4.69, 9.17) is 11.6 Å². The second-order valence-electron chi connectivity index (χ2n) is 5.24. The molecular weight excluding hydrogens is 332 g/mol. The Kier molecular flexibility index (Phi) is 5.55. The van der Waals surface area contributed by atoms with Crippen LogP contribution in [-0.4, -0.2) is 21.5 Å². The van der Waals surface area contributed by atoms with Gasteiger partial charge >= 0.3 is 0 Å². The Labute approximate surface area is 143 Å². The lowest BCUT2D eigenvalue weighted by Crippen LogP contribution is -2.21. The van der Waals surface area contributed by atoms with Crippen molar-refractivity contribution in [3.63, 3.8) is 0 Å². The van der Waals surface area contributed by atoms with Crippen LogP contribution >= 0.6 is 11.6 Å². The fraction of sp³-hybridized carbons (Fsp3) is 0.294. The van der Waals surface area contributed by atoms with Gasteiger partial charge in [-0.2, -0.15) is 0 Å². The molecule has 0 amide bonds. The SMILES string of the molecule is CCN(CC)c1ccc(NS(=O)(=O)c2ccc(Cl)c(C)c2)cc1. The van der Waals surface area contributed by atoms with E-state index in [0.717, 1.165) is 24.3 Å². The quantitative estimate of drug-likeness (QED) is 0.843. The fourth-order valence-electron chi connectivity index (χ4n) is 2.33. The summed E-state index contributed by atoms with van der Waals surface area (Å²) in [4.78, 5) is 2.40. The predicted octanol–water partition coefficient (Wildman–Crippen LogP) is 4.30. The molecule has 6 heteroatoms. The first-order valence-electron chi connectivity index (χ1n) is 7.51. The molecule has 23 heavy (non-hydrogen) atoms. The Morgan fingerprint density at radius 1 is 1.04 bits per heavy atom. The molecule has 0 saturated carbocycles. The number of benzene rings is 2. The topological polar surface area (TPSA) is 49.4 Å². The monoisotopic (exact) mass is 352 g/mol. The van der Waals surface area contributed by atoms with Gasteiger partial charge in [0.1, 0.15) is 0 Å². The highest BCUT2D eigenvalue weighted by atomic mass is 35.5. The van der Waals surface area contributed by atoms with Gasteiger partial charge in [0.2, 0.25) is 0 Å². The lowest BCUT2D eigenvalue weighted by atomic mass is 10.2. The van der Waals surface area contributed by atoms with E-state index in [1.54, 1.807) is 31.2 Å². The lowest BCUT2D eigenvalue weighted by Gasteiger charge is -2.21. The van der Waals surface area contributed by atoms with E-state index < -0.39 is 10.0 Å². The Hall–Kier alpha value is -1.72. The summed E-state index contributed by atoms with van der Waals surface area (Å²) in [5.74, 6) is 0. The Balaban J connectivity index is 2.22. The second kappa shape index (κ2) is 7.23. The summed E-state index contributed by atoms with van der Waals surface area (Å²) in [6.45, 7) is 7.77. The van der Waals surface area contributed by atoms with E-state index in [9.17, 15) is 8.42 Å². The van der Waals surface area contributed by atoms with Gasteiger partial charge < -0.3 is 4.90 Å². The van der Waals surface area contributed by atoms with Gasteiger partial charge in [-0.15, -0.1) is 0 Å². The summed E-state index contributed by atoms with van der Waals surface area (Å²) >= 11 is 5.95. The van der Waals surface area contributed by atoms with Crippen LogP contribution < -0.4 is 9.62 Å². The summed E-state index contributed by atoms with van der Waals surface area (Å²) in [5, 5.41) is 0.549. The van der Waals surface area contributed by atoms with Gasteiger partial charge in [0, 0.05) is 29.5 Å². The van der Waals surface area contributed by atoms with Crippen molar-refractivity contribution in [3.8, 4) is 0 Å². The number of aryl methyl sites for hydroxylation is 1. The van der Waals surface area contributed by atoms with Gasteiger partial charge in [0.25, 0.3) is 10.0 Å². The molecule has 0 saturated heterocycles. The van der Waals surface area contributed by atoms with Gasteiger partial charge in [-0.25, -0.2) is 8.42 Å². The van der Waals surface area contributed by atoms with Gasteiger partial charge in [-0.3, -0.25) is 4.72 Å². The van der Waals surface area contributed by atoms with Crippen molar-refractivity contribution in [2.24, 2.45) is 0 Å². The highest BCUT2D eigenvalue weighted by molar-refractivity contribution is 7.92. The van der Waals surface area contributed by atoms with E-state index in [2.05, 4.69) is 23.5 Å². The molecule has 0 aromatic heterocycles.